The summed E-state index contributed by atoms with van der Waals surface area (Å²) in [7, 11) is 3.69. The molecule has 0 aliphatic carbocycles. The number of aryl methyl sites for hydroxylation is 1. The third-order valence-corrected chi connectivity index (χ3v) is 3.25. The van der Waals surface area contributed by atoms with Crippen LogP contribution in [0.1, 0.15) is 11.5 Å². The lowest BCUT2D eigenvalue weighted by molar-refractivity contribution is 0.299. The van der Waals surface area contributed by atoms with E-state index >= 15 is 0 Å². The van der Waals surface area contributed by atoms with Crippen molar-refractivity contribution in [2.24, 2.45) is 0 Å². The number of anilines is 2. The Hall–Kier alpha value is -2.96. The zero-order valence-electron chi connectivity index (χ0n) is 13.3. The molecule has 2 heterocycles. The van der Waals surface area contributed by atoms with E-state index in [2.05, 4.69) is 19.9 Å². The Balaban J connectivity index is 1.89. The first-order valence-corrected chi connectivity index (χ1v) is 7.20. The molecule has 7 nitrogen and oxygen atoms in total. The van der Waals surface area contributed by atoms with Crippen molar-refractivity contribution < 1.29 is 4.74 Å². The molecule has 0 radical (unpaired) electrons. The summed E-state index contributed by atoms with van der Waals surface area (Å²) in [5, 5.41) is 0.952. The molecule has 0 atom stereocenters. The highest BCUT2D eigenvalue weighted by Gasteiger charge is 2.09. The van der Waals surface area contributed by atoms with Crippen molar-refractivity contribution in [3.05, 3.63) is 41.9 Å². The Labute approximate surface area is 134 Å². The summed E-state index contributed by atoms with van der Waals surface area (Å²) in [6.45, 7) is 2.14. The highest BCUT2D eigenvalue weighted by molar-refractivity contribution is 5.85. The number of nitrogens with two attached hydrogens (primary N) is 1. The lowest BCUT2D eigenvalue weighted by Gasteiger charge is -2.13. The van der Waals surface area contributed by atoms with Crippen LogP contribution in [0.5, 0.6) is 5.75 Å². The van der Waals surface area contributed by atoms with Crippen LogP contribution in [-0.4, -0.2) is 34.0 Å². The molecule has 2 aromatic heterocycles. The van der Waals surface area contributed by atoms with Crippen LogP contribution < -0.4 is 15.4 Å². The van der Waals surface area contributed by atoms with Crippen LogP contribution in [0.4, 0.5) is 11.9 Å². The van der Waals surface area contributed by atoms with E-state index in [9.17, 15) is 0 Å². The molecule has 3 rings (SSSR count). The molecule has 0 saturated heterocycles. The van der Waals surface area contributed by atoms with Gasteiger partial charge in [0.1, 0.15) is 12.4 Å². The van der Waals surface area contributed by atoms with Gasteiger partial charge in [-0.15, -0.1) is 0 Å². The predicted molar refractivity (Wildman–Crippen MR) is 89.4 cm³/mol. The van der Waals surface area contributed by atoms with Crippen molar-refractivity contribution in [1.29, 1.82) is 0 Å². The second-order valence-electron chi connectivity index (χ2n) is 5.37. The van der Waals surface area contributed by atoms with Gasteiger partial charge in [-0.25, -0.2) is 0 Å². The number of hydrogen-bond acceptors (Lipinski definition) is 7. The van der Waals surface area contributed by atoms with E-state index in [0.717, 1.165) is 22.3 Å². The van der Waals surface area contributed by atoms with Gasteiger partial charge in [0.05, 0.1) is 5.52 Å². The number of rotatable bonds is 4. The minimum absolute atomic E-state index is 0.179. The van der Waals surface area contributed by atoms with Crippen LogP contribution in [0.2, 0.25) is 0 Å². The van der Waals surface area contributed by atoms with Crippen LogP contribution >= 0.6 is 0 Å². The van der Waals surface area contributed by atoms with E-state index in [1.807, 2.05) is 51.4 Å². The average Bonchev–Trinajstić information content (AvgIpc) is 2.52. The lowest BCUT2D eigenvalue weighted by atomic mass is 10.2. The van der Waals surface area contributed by atoms with Crippen molar-refractivity contribution in [2.75, 3.05) is 24.7 Å². The van der Waals surface area contributed by atoms with Crippen molar-refractivity contribution in [1.82, 2.24) is 19.9 Å². The zero-order chi connectivity index (χ0) is 16.4. The maximum Gasteiger partial charge on any atom is 0.230 e. The van der Waals surface area contributed by atoms with Gasteiger partial charge in [-0.3, -0.25) is 4.98 Å². The predicted octanol–water partition coefficient (Wildman–Crippen LogP) is 1.96. The Bertz CT molecular complexity index is 849. The number of para-hydroxylation sites is 1. The number of nitrogens with zero attached hydrogens (tertiary/aromatic N) is 5. The van der Waals surface area contributed by atoms with E-state index in [1.54, 1.807) is 4.90 Å². The fraction of sp³-hybridized carbons (Fsp3) is 0.250. The number of fused-ring (bicyclic) bond motifs is 1. The molecule has 2 N–H and O–H groups in total. The monoisotopic (exact) mass is 310 g/mol. The Morgan fingerprint density at radius 1 is 1.09 bits per heavy atom. The van der Waals surface area contributed by atoms with Gasteiger partial charge in [0.2, 0.25) is 11.9 Å². The van der Waals surface area contributed by atoms with Gasteiger partial charge < -0.3 is 15.4 Å². The topological polar surface area (TPSA) is 90.0 Å². The molecule has 0 fully saturated rings. The highest BCUT2D eigenvalue weighted by Crippen LogP contribution is 2.25. The van der Waals surface area contributed by atoms with Crippen molar-refractivity contribution in [3.63, 3.8) is 0 Å². The third-order valence-electron chi connectivity index (χ3n) is 3.25. The fourth-order valence-electron chi connectivity index (χ4n) is 2.22. The molecule has 23 heavy (non-hydrogen) atoms. The molecule has 7 heteroatoms. The largest absolute Gasteiger partial charge is 0.485 e. The summed E-state index contributed by atoms with van der Waals surface area (Å²) in [5.74, 6) is 1.92. The van der Waals surface area contributed by atoms with Crippen LogP contribution in [0.25, 0.3) is 10.9 Å². The summed E-state index contributed by atoms with van der Waals surface area (Å²) in [6.07, 6.45) is 0. The van der Waals surface area contributed by atoms with Gasteiger partial charge in [-0.1, -0.05) is 12.1 Å². The quantitative estimate of drug-likeness (QED) is 0.787. The molecule has 0 amide bonds. The first-order valence-electron chi connectivity index (χ1n) is 7.20. The number of benzene rings is 1. The number of aromatic nitrogens is 4. The van der Waals surface area contributed by atoms with Crippen LogP contribution in [0.15, 0.2) is 30.3 Å². The summed E-state index contributed by atoms with van der Waals surface area (Å²) < 4.78 is 5.91. The van der Waals surface area contributed by atoms with E-state index in [1.165, 1.54) is 0 Å². The SMILES string of the molecule is Cc1cc(OCc2nc(N)nc(N(C)C)n2)c2ccccc2n1. The third kappa shape index (κ3) is 3.28. The number of ether oxygens (including phenoxy) is 1. The molecule has 0 aliphatic heterocycles. The molecule has 0 bridgehead atoms. The number of nitrogen functional groups attached to an aromatic ring is 1. The van der Waals surface area contributed by atoms with E-state index in [4.69, 9.17) is 10.5 Å². The van der Waals surface area contributed by atoms with Gasteiger partial charge in [0.15, 0.2) is 5.82 Å². The van der Waals surface area contributed by atoms with Gasteiger partial charge >= 0.3 is 0 Å². The summed E-state index contributed by atoms with van der Waals surface area (Å²) >= 11 is 0. The molecular weight excluding hydrogens is 292 g/mol. The van der Waals surface area contributed by atoms with Crippen molar-refractivity contribution in [3.8, 4) is 5.75 Å². The molecule has 0 unspecified atom stereocenters. The molecule has 0 aliphatic rings. The van der Waals surface area contributed by atoms with Crippen LogP contribution in [0.3, 0.4) is 0 Å². The van der Waals surface area contributed by atoms with Gasteiger partial charge in [-0.05, 0) is 19.1 Å². The molecule has 3 aromatic rings. The Morgan fingerprint density at radius 3 is 2.65 bits per heavy atom. The smallest absolute Gasteiger partial charge is 0.230 e. The summed E-state index contributed by atoms with van der Waals surface area (Å²) in [4.78, 5) is 18.8. The Morgan fingerprint density at radius 2 is 1.87 bits per heavy atom. The van der Waals surface area contributed by atoms with Crippen LogP contribution in [-0.2, 0) is 6.61 Å². The lowest BCUT2D eigenvalue weighted by Crippen LogP contribution is -2.17. The summed E-state index contributed by atoms with van der Waals surface area (Å²) in [5.41, 5.74) is 7.51. The highest BCUT2D eigenvalue weighted by atomic mass is 16.5. The molecule has 0 saturated carbocycles. The maximum absolute atomic E-state index is 5.91. The van der Waals surface area contributed by atoms with Crippen molar-refractivity contribution >= 4 is 22.8 Å². The molecule has 0 spiro atoms. The van der Waals surface area contributed by atoms with Crippen LogP contribution in [0, 0.1) is 6.92 Å². The standard InChI is InChI=1S/C16H18N6O/c1-10-8-13(11-6-4-5-7-12(11)18-10)23-9-14-19-15(17)21-16(20-14)22(2)3/h4-8H,9H2,1-3H3,(H2,17,19,20,21). The van der Waals surface area contributed by atoms with E-state index < -0.39 is 0 Å². The number of pyridine rings is 1. The minimum Gasteiger partial charge on any atom is -0.485 e. The fourth-order valence-corrected chi connectivity index (χ4v) is 2.22. The van der Waals surface area contributed by atoms with E-state index in [-0.39, 0.29) is 12.6 Å². The molecule has 1 aromatic carbocycles. The molecular formula is C16H18N6O. The second kappa shape index (κ2) is 6.04. The van der Waals surface area contributed by atoms with Gasteiger partial charge in [-0.2, -0.15) is 15.0 Å². The van der Waals surface area contributed by atoms with Gasteiger partial charge in [0.25, 0.3) is 0 Å². The first-order chi connectivity index (χ1) is 11.0. The second-order valence-corrected chi connectivity index (χ2v) is 5.37. The summed E-state index contributed by atoms with van der Waals surface area (Å²) in [6, 6.07) is 9.75. The van der Waals surface area contributed by atoms with Gasteiger partial charge in [0, 0.05) is 31.2 Å². The average molecular weight is 310 g/mol. The normalized spacial score (nSPS) is 10.7. The Kier molecular flexibility index (Phi) is 3.92. The number of hydrogen-bond donors (Lipinski definition) is 1. The first kappa shape index (κ1) is 15.0. The van der Waals surface area contributed by atoms with Crippen molar-refractivity contribution in [2.45, 2.75) is 13.5 Å². The van der Waals surface area contributed by atoms with E-state index in [0.29, 0.717) is 11.8 Å². The zero-order valence-corrected chi connectivity index (χ0v) is 13.3. The minimum atomic E-state index is 0.179. The maximum atomic E-state index is 5.91. The molecule has 118 valence electrons.